The highest BCUT2D eigenvalue weighted by molar-refractivity contribution is 6.04. The Morgan fingerprint density at radius 1 is 1.17 bits per heavy atom. The fraction of sp³-hybridized carbons (Fsp3) is 0.261. The lowest BCUT2D eigenvalue weighted by Gasteiger charge is -2.10. The normalized spacial score (nSPS) is 13.0. The third kappa shape index (κ3) is 4.35. The van der Waals surface area contributed by atoms with Crippen LogP contribution in [0.3, 0.4) is 0 Å². The van der Waals surface area contributed by atoms with E-state index in [-0.39, 0.29) is 18.4 Å². The molecule has 154 valence electrons. The summed E-state index contributed by atoms with van der Waals surface area (Å²) in [6.45, 7) is 1.67. The number of hydrogen-bond acceptors (Lipinski definition) is 6. The third-order valence-electron chi connectivity index (χ3n) is 4.87. The average Bonchev–Trinajstić information content (AvgIpc) is 3.52. The number of carbonyl (C=O) groups excluding carboxylic acids is 2. The highest BCUT2D eigenvalue weighted by Crippen LogP contribution is 2.43. The van der Waals surface area contributed by atoms with E-state index in [0.29, 0.717) is 28.8 Å². The lowest BCUT2D eigenvalue weighted by atomic mass is 10.1. The molecule has 0 atom stereocenters. The third-order valence-corrected chi connectivity index (χ3v) is 4.87. The fourth-order valence-electron chi connectivity index (χ4n) is 3.07. The predicted octanol–water partition coefficient (Wildman–Crippen LogP) is 4.33. The summed E-state index contributed by atoms with van der Waals surface area (Å²) < 4.78 is 15.9. The van der Waals surface area contributed by atoms with E-state index in [0.717, 1.165) is 24.0 Å². The van der Waals surface area contributed by atoms with Crippen LogP contribution in [0.15, 0.2) is 52.9 Å². The first-order chi connectivity index (χ1) is 14.5. The second-order valence-corrected chi connectivity index (χ2v) is 7.17. The number of aromatic nitrogens is 1. The Kier molecular flexibility index (Phi) is 5.52. The molecule has 2 aromatic carbocycles. The van der Waals surface area contributed by atoms with E-state index in [9.17, 15) is 9.59 Å². The van der Waals surface area contributed by atoms with Crippen molar-refractivity contribution in [3.8, 4) is 17.2 Å². The lowest BCUT2D eigenvalue weighted by Crippen LogP contribution is -2.15. The number of esters is 1. The standard InChI is InChI=1S/C23H22N2O5/c1-14-12-17(29-13-19(26)28-2)10-11-18(14)24-22(27)20-21(15-8-9-15)30-23(25-20)16-6-4-3-5-7-16/h3-7,10-12,15H,8-9,13H2,1-2H3,(H,24,27). The molecular formula is C23H22N2O5. The number of methoxy groups -OCH3 is 1. The molecule has 30 heavy (non-hydrogen) atoms. The van der Waals surface area contributed by atoms with E-state index in [1.54, 1.807) is 18.2 Å². The molecule has 7 nitrogen and oxygen atoms in total. The Hall–Kier alpha value is -3.61. The fourth-order valence-corrected chi connectivity index (χ4v) is 3.07. The van der Waals surface area contributed by atoms with Gasteiger partial charge in [0.05, 0.1) is 7.11 Å². The first-order valence-corrected chi connectivity index (χ1v) is 9.73. The monoisotopic (exact) mass is 406 g/mol. The van der Waals surface area contributed by atoms with Crippen molar-refractivity contribution in [3.63, 3.8) is 0 Å². The molecule has 3 aromatic rings. The number of oxazole rings is 1. The average molecular weight is 406 g/mol. The zero-order valence-corrected chi connectivity index (χ0v) is 16.8. The number of nitrogens with zero attached hydrogens (tertiary/aromatic N) is 1. The molecule has 1 fully saturated rings. The van der Waals surface area contributed by atoms with Crippen molar-refractivity contribution in [2.45, 2.75) is 25.7 Å². The molecule has 0 unspecified atom stereocenters. The quantitative estimate of drug-likeness (QED) is 0.587. The van der Waals surface area contributed by atoms with Gasteiger partial charge in [0.15, 0.2) is 12.3 Å². The van der Waals surface area contributed by atoms with Crippen LogP contribution >= 0.6 is 0 Å². The van der Waals surface area contributed by atoms with Crippen LogP contribution in [0.25, 0.3) is 11.5 Å². The van der Waals surface area contributed by atoms with Gasteiger partial charge in [-0.05, 0) is 55.7 Å². The van der Waals surface area contributed by atoms with Gasteiger partial charge in [-0.2, -0.15) is 0 Å². The number of amides is 1. The van der Waals surface area contributed by atoms with E-state index in [1.165, 1.54) is 7.11 Å². The van der Waals surface area contributed by atoms with Gasteiger partial charge in [-0.3, -0.25) is 4.79 Å². The molecule has 0 aliphatic heterocycles. The Bertz CT molecular complexity index is 1070. The molecule has 0 bridgehead atoms. The minimum absolute atomic E-state index is 0.173. The summed E-state index contributed by atoms with van der Waals surface area (Å²) in [5.74, 6) is 1.08. The van der Waals surface area contributed by atoms with E-state index >= 15 is 0 Å². The second-order valence-electron chi connectivity index (χ2n) is 7.17. The molecule has 1 heterocycles. The minimum Gasteiger partial charge on any atom is -0.482 e. The van der Waals surface area contributed by atoms with E-state index < -0.39 is 5.97 Å². The van der Waals surface area contributed by atoms with Gasteiger partial charge in [0.1, 0.15) is 11.5 Å². The topological polar surface area (TPSA) is 90.7 Å². The van der Waals surface area contributed by atoms with Gasteiger partial charge in [-0.25, -0.2) is 9.78 Å². The van der Waals surface area contributed by atoms with Crippen LogP contribution in [0.5, 0.6) is 5.75 Å². The minimum atomic E-state index is -0.460. The van der Waals surface area contributed by atoms with Gasteiger partial charge < -0.3 is 19.2 Å². The van der Waals surface area contributed by atoms with Crippen molar-refractivity contribution >= 4 is 17.6 Å². The molecule has 0 radical (unpaired) electrons. The van der Waals surface area contributed by atoms with Gasteiger partial charge in [0.2, 0.25) is 5.89 Å². The van der Waals surface area contributed by atoms with E-state index in [4.69, 9.17) is 9.15 Å². The summed E-state index contributed by atoms with van der Waals surface area (Å²) in [6.07, 6.45) is 1.99. The Morgan fingerprint density at radius 3 is 2.60 bits per heavy atom. The lowest BCUT2D eigenvalue weighted by molar-refractivity contribution is -0.142. The molecule has 4 rings (SSSR count). The largest absolute Gasteiger partial charge is 0.482 e. The maximum atomic E-state index is 13.0. The van der Waals surface area contributed by atoms with Crippen LogP contribution in [0, 0.1) is 6.92 Å². The number of hydrogen-bond donors (Lipinski definition) is 1. The summed E-state index contributed by atoms with van der Waals surface area (Å²) in [5, 5.41) is 2.91. The number of aryl methyl sites for hydroxylation is 1. The number of benzene rings is 2. The summed E-state index contributed by atoms with van der Waals surface area (Å²) in [7, 11) is 1.30. The van der Waals surface area contributed by atoms with Gasteiger partial charge in [0.25, 0.3) is 5.91 Å². The molecule has 1 aliphatic carbocycles. The number of ether oxygens (including phenoxy) is 2. The van der Waals surface area contributed by atoms with Gasteiger partial charge in [-0.1, -0.05) is 18.2 Å². The van der Waals surface area contributed by atoms with Crippen molar-refractivity contribution in [2.24, 2.45) is 0 Å². The van der Waals surface area contributed by atoms with Crippen molar-refractivity contribution in [3.05, 3.63) is 65.5 Å². The first-order valence-electron chi connectivity index (χ1n) is 9.73. The molecule has 7 heteroatoms. The highest BCUT2D eigenvalue weighted by Gasteiger charge is 2.34. The SMILES string of the molecule is COC(=O)COc1ccc(NC(=O)c2nc(-c3ccccc3)oc2C2CC2)c(C)c1. The predicted molar refractivity (Wildman–Crippen MR) is 111 cm³/mol. The molecule has 1 saturated carbocycles. The Morgan fingerprint density at radius 2 is 1.93 bits per heavy atom. The molecule has 1 amide bonds. The van der Waals surface area contributed by atoms with Crippen LogP contribution in [0.4, 0.5) is 5.69 Å². The summed E-state index contributed by atoms with van der Waals surface area (Å²) in [4.78, 5) is 28.7. The van der Waals surface area contributed by atoms with Gasteiger partial charge in [0, 0.05) is 17.2 Å². The smallest absolute Gasteiger partial charge is 0.343 e. The first kappa shape index (κ1) is 19.7. The van der Waals surface area contributed by atoms with Crippen LogP contribution in [0.2, 0.25) is 0 Å². The van der Waals surface area contributed by atoms with Crippen LogP contribution in [-0.2, 0) is 9.53 Å². The second kappa shape index (κ2) is 8.41. The number of nitrogens with one attached hydrogen (secondary N) is 1. The van der Waals surface area contributed by atoms with Crippen LogP contribution in [0.1, 0.15) is 40.6 Å². The van der Waals surface area contributed by atoms with E-state index in [2.05, 4.69) is 15.0 Å². The molecule has 1 N–H and O–H groups in total. The van der Waals surface area contributed by atoms with Gasteiger partial charge >= 0.3 is 5.97 Å². The molecular weight excluding hydrogens is 384 g/mol. The zero-order valence-electron chi connectivity index (χ0n) is 16.8. The summed E-state index contributed by atoms with van der Waals surface area (Å²) >= 11 is 0. The number of rotatable bonds is 7. The highest BCUT2D eigenvalue weighted by atomic mass is 16.6. The number of carbonyl (C=O) groups is 2. The summed E-state index contributed by atoms with van der Waals surface area (Å²) in [6, 6.07) is 14.7. The molecule has 1 aliphatic rings. The Balaban J connectivity index is 1.52. The van der Waals surface area contributed by atoms with Crippen molar-refractivity contribution in [1.29, 1.82) is 0 Å². The molecule has 1 aromatic heterocycles. The maximum Gasteiger partial charge on any atom is 0.343 e. The van der Waals surface area contributed by atoms with E-state index in [1.807, 2.05) is 37.3 Å². The van der Waals surface area contributed by atoms with Crippen molar-refractivity contribution in [2.75, 3.05) is 19.0 Å². The summed E-state index contributed by atoms with van der Waals surface area (Å²) in [5.41, 5.74) is 2.59. The molecule has 0 spiro atoms. The number of anilines is 1. The van der Waals surface area contributed by atoms with Gasteiger partial charge in [-0.15, -0.1) is 0 Å². The van der Waals surface area contributed by atoms with Crippen molar-refractivity contribution in [1.82, 2.24) is 4.98 Å². The van der Waals surface area contributed by atoms with Crippen LogP contribution in [-0.4, -0.2) is 30.6 Å². The van der Waals surface area contributed by atoms with Crippen molar-refractivity contribution < 1.29 is 23.5 Å². The maximum absolute atomic E-state index is 13.0. The van der Waals surface area contributed by atoms with Crippen LogP contribution < -0.4 is 10.1 Å². The zero-order chi connectivity index (χ0) is 21.1. The molecule has 0 saturated heterocycles. The Labute approximate surface area is 174 Å².